The third-order valence-electron chi connectivity index (χ3n) is 6.74. The summed E-state index contributed by atoms with van der Waals surface area (Å²) in [6.07, 6.45) is 1.22. The normalized spacial score (nSPS) is 16.5. The molecule has 1 aromatic heterocycles. The Morgan fingerprint density at radius 3 is 2.26 bits per heavy atom. The molecule has 180 valence electrons. The largest absolute Gasteiger partial charge is 0.388 e. The summed E-state index contributed by atoms with van der Waals surface area (Å²) in [6, 6.07) is 18.0. The number of nitrogens with two attached hydrogens (primary N) is 1. The van der Waals surface area contributed by atoms with Crippen LogP contribution in [-0.2, 0) is 10.0 Å². The number of ketones is 1. The van der Waals surface area contributed by atoms with Crippen molar-refractivity contribution in [3.63, 3.8) is 0 Å². The predicted octanol–water partition coefficient (Wildman–Crippen LogP) is 3.37. The molecule has 3 N–H and O–H groups in total. The number of aromatic nitrogens is 1. The maximum absolute atomic E-state index is 13.2. The number of aliphatic hydroxyl groups is 1. The van der Waals surface area contributed by atoms with Gasteiger partial charge < -0.3 is 9.67 Å². The lowest BCUT2D eigenvalue weighted by atomic mass is 9.87. The van der Waals surface area contributed by atoms with Crippen LogP contribution < -0.4 is 5.14 Å². The Hall–Kier alpha value is -2.78. The van der Waals surface area contributed by atoms with Crippen LogP contribution in [0.15, 0.2) is 65.6 Å². The SMILES string of the molecule is Cc1cc(C(=O)CN2CCC(C(O)c3ccccc3)CC2)c(C)n1-c1ccc(S(N)(=O)=O)cc1. The van der Waals surface area contributed by atoms with Crippen LogP contribution in [0.3, 0.4) is 0 Å². The summed E-state index contributed by atoms with van der Waals surface area (Å²) in [4.78, 5) is 15.4. The molecule has 0 amide bonds. The fourth-order valence-electron chi connectivity index (χ4n) is 4.86. The van der Waals surface area contributed by atoms with Crippen molar-refractivity contribution in [2.24, 2.45) is 11.1 Å². The summed E-state index contributed by atoms with van der Waals surface area (Å²) in [7, 11) is -3.76. The Morgan fingerprint density at radius 2 is 1.68 bits per heavy atom. The molecule has 2 aromatic carbocycles. The molecule has 3 aromatic rings. The van der Waals surface area contributed by atoms with E-state index in [9.17, 15) is 18.3 Å². The second kappa shape index (κ2) is 9.84. The molecule has 0 saturated carbocycles. The van der Waals surface area contributed by atoms with E-state index < -0.39 is 16.1 Å². The van der Waals surface area contributed by atoms with Crippen LogP contribution >= 0.6 is 0 Å². The van der Waals surface area contributed by atoms with E-state index >= 15 is 0 Å². The molecule has 0 radical (unpaired) electrons. The van der Waals surface area contributed by atoms with Gasteiger partial charge in [-0.3, -0.25) is 9.69 Å². The summed E-state index contributed by atoms with van der Waals surface area (Å²) in [5, 5.41) is 15.9. The maximum Gasteiger partial charge on any atom is 0.238 e. The van der Waals surface area contributed by atoms with Gasteiger partial charge in [0, 0.05) is 22.6 Å². The zero-order valence-electron chi connectivity index (χ0n) is 19.5. The molecule has 7 nitrogen and oxygen atoms in total. The fourth-order valence-corrected chi connectivity index (χ4v) is 5.38. The number of sulfonamides is 1. The molecule has 34 heavy (non-hydrogen) atoms. The highest BCUT2D eigenvalue weighted by Gasteiger charge is 2.28. The number of primary sulfonamides is 1. The van der Waals surface area contributed by atoms with Crippen LogP contribution in [0.1, 0.15) is 46.3 Å². The zero-order chi connectivity index (χ0) is 24.5. The van der Waals surface area contributed by atoms with Crippen LogP contribution in [0.4, 0.5) is 0 Å². The molecule has 1 fully saturated rings. The van der Waals surface area contributed by atoms with Gasteiger partial charge >= 0.3 is 0 Å². The molecular formula is C26H31N3O4S. The first-order valence-corrected chi connectivity index (χ1v) is 13.0. The summed E-state index contributed by atoms with van der Waals surface area (Å²) < 4.78 is 25.0. The number of Topliss-reactive ketones (excluding diaryl/α,β-unsaturated/α-hetero) is 1. The minimum absolute atomic E-state index is 0.0517. The van der Waals surface area contributed by atoms with E-state index in [1.54, 1.807) is 12.1 Å². The van der Waals surface area contributed by atoms with E-state index in [-0.39, 0.29) is 16.6 Å². The average molecular weight is 482 g/mol. The lowest BCUT2D eigenvalue weighted by molar-refractivity contribution is 0.0563. The molecule has 1 atom stereocenters. The van der Waals surface area contributed by atoms with Crippen LogP contribution in [0.5, 0.6) is 0 Å². The van der Waals surface area contributed by atoms with Gasteiger partial charge in [-0.2, -0.15) is 0 Å². The molecule has 2 heterocycles. The Labute approximate surface area is 200 Å². The van der Waals surface area contributed by atoms with Crippen LogP contribution in [0.25, 0.3) is 5.69 Å². The topological polar surface area (TPSA) is 106 Å². The minimum Gasteiger partial charge on any atom is -0.388 e. The second-order valence-electron chi connectivity index (χ2n) is 9.05. The predicted molar refractivity (Wildman–Crippen MR) is 132 cm³/mol. The van der Waals surface area contributed by atoms with Gasteiger partial charge in [-0.15, -0.1) is 0 Å². The van der Waals surface area contributed by atoms with Crippen molar-refractivity contribution in [2.75, 3.05) is 19.6 Å². The number of hydrogen-bond acceptors (Lipinski definition) is 5. The van der Waals surface area contributed by atoms with Crippen LogP contribution in [0, 0.1) is 19.8 Å². The number of aliphatic hydroxyl groups excluding tert-OH is 1. The zero-order valence-corrected chi connectivity index (χ0v) is 20.3. The molecule has 1 saturated heterocycles. The molecule has 0 aliphatic carbocycles. The van der Waals surface area contributed by atoms with Crippen molar-refractivity contribution >= 4 is 15.8 Å². The van der Waals surface area contributed by atoms with E-state index in [0.29, 0.717) is 12.1 Å². The molecule has 4 rings (SSSR count). The van der Waals surface area contributed by atoms with Crippen molar-refractivity contribution in [3.05, 3.63) is 83.2 Å². The number of aryl methyl sites for hydroxylation is 1. The number of rotatable bonds is 7. The summed E-state index contributed by atoms with van der Waals surface area (Å²) in [5.74, 6) is 0.252. The Kier molecular flexibility index (Phi) is 7.04. The molecule has 8 heteroatoms. The van der Waals surface area contributed by atoms with Crippen molar-refractivity contribution in [1.82, 2.24) is 9.47 Å². The van der Waals surface area contributed by atoms with Crippen molar-refractivity contribution in [2.45, 2.75) is 37.7 Å². The smallest absolute Gasteiger partial charge is 0.238 e. The lowest BCUT2D eigenvalue weighted by Crippen LogP contribution is -2.38. The number of likely N-dealkylation sites (tertiary alicyclic amines) is 1. The lowest BCUT2D eigenvalue weighted by Gasteiger charge is -2.34. The van der Waals surface area contributed by atoms with Gasteiger partial charge in [0.15, 0.2) is 5.78 Å². The fraction of sp³-hybridized carbons (Fsp3) is 0.346. The van der Waals surface area contributed by atoms with Gasteiger partial charge in [-0.25, -0.2) is 13.6 Å². The van der Waals surface area contributed by atoms with Crippen molar-refractivity contribution < 1.29 is 18.3 Å². The van der Waals surface area contributed by atoms with E-state index in [1.807, 2.05) is 54.8 Å². The van der Waals surface area contributed by atoms with Gasteiger partial charge in [0.05, 0.1) is 17.5 Å². The first-order valence-electron chi connectivity index (χ1n) is 11.5. The number of hydrogen-bond donors (Lipinski definition) is 2. The number of nitrogens with zero attached hydrogens (tertiary/aromatic N) is 2. The van der Waals surface area contributed by atoms with E-state index in [0.717, 1.165) is 48.6 Å². The number of piperidine rings is 1. The molecular weight excluding hydrogens is 450 g/mol. The Balaban J connectivity index is 1.42. The van der Waals surface area contributed by atoms with Gasteiger partial charge in [-0.05, 0) is 81.6 Å². The second-order valence-corrected chi connectivity index (χ2v) is 10.6. The first-order chi connectivity index (χ1) is 16.1. The molecule has 0 spiro atoms. The number of carbonyl (C=O) groups excluding carboxylic acids is 1. The molecule has 0 bridgehead atoms. The van der Waals surface area contributed by atoms with Gasteiger partial charge in [0.25, 0.3) is 0 Å². The van der Waals surface area contributed by atoms with Gasteiger partial charge in [-0.1, -0.05) is 30.3 Å². The third-order valence-corrected chi connectivity index (χ3v) is 7.67. The van der Waals surface area contributed by atoms with Crippen molar-refractivity contribution in [3.8, 4) is 5.69 Å². The summed E-state index contributed by atoms with van der Waals surface area (Å²) >= 11 is 0. The quantitative estimate of drug-likeness (QED) is 0.504. The van der Waals surface area contributed by atoms with Crippen LogP contribution in [-0.4, -0.2) is 48.4 Å². The summed E-state index contributed by atoms with van der Waals surface area (Å²) in [5.41, 5.74) is 4.10. The Morgan fingerprint density at radius 1 is 1.06 bits per heavy atom. The third kappa shape index (κ3) is 5.15. The van der Waals surface area contributed by atoms with Gasteiger partial charge in [0.2, 0.25) is 10.0 Å². The highest BCUT2D eigenvalue weighted by Crippen LogP contribution is 2.31. The maximum atomic E-state index is 13.2. The first kappa shape index (κ1) is 24.3. The highest BCUT2D eigenvalue weighted by atomic mass is 32.2. The minimum atomic E-state index is -3.76. The van der Waals surface area contributed by atoms with E-state index in [2.05, 4.69) is 4.90 Å². The van der Waals surface area contributed by atoms with Crippen molar-refractivity contribution in [1.29, 1.82) is 0 Å². The van der Waals surface area contributed by atoms with E-state index in [1.165, 1.54) is 12.1 Å². The van der Waals surface area contributed by atoms with Crippen LogP contribution in [0.2, 0.25) is 0 Å². The average Bonchev–Trinajstić information content (AvgIpc) is 3.13. The standard InChI is InChI=1S/C26H31N3O4S/c1-18-16-24(19(2)29(18)22-8-10-23(11-9-22)34(27,32)33)25(30)17-28-14-12-21(13-15-28)26(31)20-6-4-3-5-7-20/h3-11,16,21,26,31H,12-15,17H2,1-2H3,(H2,27,32,33). The number of carbonyl (C=O) groups is 1. The number of benzene rings is 2. The molecule has 1 aliphatic heterocycles. The summed E-state index contributed by atoms with van der Waals surface area (Å²) in [6.45, 7) is 5.70. The van der Waals surface area contributed by atoms with Gasteiger partial charge in [0.1, 0.15) is 0 Å². The Bertz CT molecular complexity index is 1260. The molecule has 1 aliphatic rings. The van der Waals surface area contributed by atoms with E-state index in [4.69, 9.17) is 5.14 Å². The monoisotopic (exact) mass is 481 g/mol. The highest BCUT2D eigenvalue weighted by molar-refractivity contribution is 7.89. The molecule has 1 unspecified atom stereocenters.